The molecule has 1 aromatic rings. The van der Waals surface area contributed by atoms with Crippen LogP contribution in [0.4, 0.5) is 5.69 Å². The van der Waals surface area contributed by atoms with Crippen molar-refractivity contribution in [2.45, 2.75) is 45.7 Å². The molecule has 0 fully saturated rings. The van der Waals surface area contributed by atoms with Crippen molar-refractivity contribution in [3.05, 3.63) is 42.5 Å². The van der Waals surface area contributed by atoms with E-state index in [1.165, 1.54) is 11.3 Å². The van der Waals surface area contributed by atoms with Gasteiger partial charge in [-0.3, -0.25) is 0 Å². The number of hydrogen-bond donors (Lipinski definition) is 1. The summed E-state index contributed by atoms with van der Waals surface area (Å²) in [4.78, 5) is 2.41. The fourth-order valence-electron chi connectivity index (χ4n) is 2.47. The van der Waals surface area contributed by atoms with E-state index in [9.17, 15) is 0 Å². The first kappa shape index (κ1) is 15.8. The molecular formula is C17H28N2. The van der Waals surface area contributed by atoms with Crippen LogP contribution in [0, 0.1) is 0 Å². The second kappa shape index (κ2) is 6.76. The van der Waals surface area contributed by atoms with Crippen LogP contribution in [-0.2, 0) is 0 Å². The Balaban J connectivity index is 3.26. The Morgan fingerprint density at radius 2 is 1.95 bits per heavy atom. The first-order chi connectivity index (χ1) is 8.95. The molecule has 19 heavy (non-hydrogen) atoms. The fraction of sp³-hybridized carbons (Fsp3) is 0.529. The van der Waals surface area contributed by atoms with Crippen LogP contribution in [0.2, 0.25) is 0 Å². The zero-order valence-corrected chi connectivity index (χ0v) is 13.0. The zero-order chi connectivity index (χ0) is 14.5. The van der Waals surface area contributed by atoms with Crippen LogP contribution in [0.5, 0.6) is 0 Å². The Bertz CT molecular complexity index is 400. The molecular weight excluding hydrogens is 232 g/mol. The Labute approximate surface area is 118 Å². The molecule has 0 bridgehead atoms. The molecule has 106 valence electrons. The van der Waals surface area contributed by atoms with Crippen LogP contribution >= 0.6 is 0 Å². The quantitative estimate of drug-likeness (QED) is 0.773. The van der Waals surface area contributed by atoms with Gasteiger partial charge in [-0.1, -0.05) is 31.2 Å². The lowest BCUT2D eigenvalue weighted by Crippen LogP contribution is -2.42. The number of benzene rings is 1. The maximum atomic E-state index is 3.90. The van der Waals surface area contributed by atoms with E-state index in [2.05, 4.69) is 68.8 Å². The van der Waals surface area contributed by atoms with E-state index >= 15 is 0 Å². The Kier molecular flexibility index (Phi) is 5.61. The highest BCUT2D eigenvalue weighted by atomic mass is 15.2. The molecule has 1 N–H and O–H groups in total. The SMILES string of the molecule is C=CCN(c1ccccc1C(CC)NC)C(C)(C)C. The fourth-order valence-corrected chi connectivity index (χ4v) is 2.47. The number of nitrogens with zero attached hydrogens (tertiary/aromatic N) is 1. The number of hydrogen-bond acceptors (Lipinski definition) is 2. The third-order valence-electron chi connectivity index (χ3n) is 3.48. The van der Waals surface area contributed by atoms with E-state index in [0.717, 1.165) is 13.0 Å². The molecule has 1 rings (SSSR count). The van der Waals surface area contributed by atoms with Gasteiger partial charge in [-0.15, -0.1) is 6.58 Å². The molecule has 1 unspecified atom stereocenters. The van der Waals surface area contributed by atoms with E-state index in [0.29, 0.717) is 6.04 Å². The highest BCUT2D eigenvalue weighted by Crippen LogP contribution is 2.32. The molecule has 2 nitrogen and oxygen atoms in total. The van der Waals surface area contributed by atoms with Gasteiger partial charge in [0.15, 0.2) is 0 Å². The van der Waals surface area contributed by atoms with E-state index in [4.69, 9.17) is 0 Å². The number of nitrogens with one attached hydrogen (secondary N) is 1. The Morgan fingerprint density at radius 1 is 1.32 bits per heavy atom. The summed E-state index contributed by atoms with van der Waals surface area (Å²) in [6, 6.07) is 9.06. The lowest BCUT2D eigenvalue weighted by Gasteiger charge is -2.39. The predicted octanol–water partition coefficient (Wildman–Crippen LogP) is 4.15. The van der Waals surface area contributed by atoms with Crippen molar-refractivity contribution in [3.8, 4) is 0 Å². The number of anilines is 1. The highest BCUT2D eigenvalue weighted by molar-refractivity contribution is 5.57. The molecule has 0 radical (unpaired) electrons. The topological polar surface area (TPSA) is 15.3 Å². The lowest BCUT2D eigenvalue weighted by atomic mass is 9.97. The molecule has 0 saturated heterocycles. The molecule has 0 spiro atoms. The third kappa shape index (κ3) is 3.84. The average molecular weight is 260 g/mol. The molecule has 0 aromatic heterocycles. The third-order valence-corrected chi connectivity index (χ3v) is 3.48. The summed E-state index contributed by atoms with van der Waals surface area (Å²) in [5, 5.41) is 3.40. The molecule has 0 aliphatic carbocycles. The minimum Gasteiger partial charge on any atom is -0.363 e. The largest absolute Gasteiger partial charge is 0.363 e. The van der Waals surface area contributed by atoms with Crippen molar-refractivity contribution >= 4 is 5.69 Å². The van der Waals surface area contributed by atoms with Gasteiger partial charge in [0.05, 0.1) is 0 Å². The molecule has 0 amide bonds. The van der Waals surface area contributed by atoms with E-state index < -0.39 is 0 Å². The summed E-state index contributed by atoms with van der Waals surface area (Å²) >= 11 is 0. The van der Waals surface area contributed by atoms with E-state index in [1.54, 1.807) is 0 Å². The van der Waals surface area contributed by atoms with Gasteiger partial charge in [0.1, 0.15) is 0 Å². The number of para-hydroxylation sites is 1. The maximum Gasteiger partial charge on any atom is 0.0421 e. The molecule has 1 atom stereocenters. The van der Waals surface area contributed by atoms with Crippen LogP contribution in [-0.4, -0.2) is 19.1 Å². The highest BCUT2D eigenvalue weighted by Gasteiger charge is 2.24. The summed E-state index contributed by atoms with van der Waals surface area (Å²) < 4.78 is 0. The van der Waals surface area contributed by atoms with Gasteiger partial charge in [0, 0.05) is 23.8 Å². The summed E-state index contributed by atoms with van der Waals surface area (Å²) in [6.07, 6.45) is 3.06. The lowest BCUT2D eigenvalue weighted by molar-refractivity contribution is 0.512. The first-order valence-corrected chi connectivity index (χ1v) is 7.10. The number of rotatable bonds is 6. The molecule has 0 aliphatic heterocycles. The molecule has 1 aromatic carbocycles. The smallest absolute Gasteiger partial charge is 0.0421 e. The standard InChI is InChI=1S/C17H28N2/c1-7-13-19(17(3,4)5)16-12-10-9-11-14(16)15(8-2)18-6/h7,9-12,15,18H,1,8,13H2,2-6H3. The van der Waals surface area contributed by atoms with Crippen LogP contribution < -0.4 is 10.2 Å². The van der Waals surface area contributed by atoms with Gasteiger partial charge >= 0.3 is 0 Å². The molecule has 0 heterocycles. The predicted molar refractivity (Wildman–Crippen MR) is 85.8 cm³/mol. The second-order valence-corrected chi connectivity index (χ2v) is 5.88. The normalized spacial score (nSPS) is 13.1. The van der Waals surface area contributed by atoms with E-state index in [1.807, 2.05) is 13.1 Å². The van der Waals surface area contributed by atoms with Crippen molar-refractivity contribution in [1.82, 2.24) is 5.32 Å². The van der Waals surface area contributed by atoms with Crippen LogP contribution in [0.15, 0.2) is 36.9 Å². The summed E-state index contributed by atoms with van der Waals surface area (Å²) in [7, 11) is 2.03. The van der Waals surface area contributed by atoms with Crippen molar-refractivity contribution in [3.63, 3.8) is 0 Å². The first-order valence-electron chi connectivity index (χ1n) is 7.10. The van der Waals surface area contributed by atoms with Crippen molar-refractivity contribution in [2.24, 2.45) is 0 Å². The molecule has 0 aliphatic rings. The van der Waals surface area contributed by atoms with Gasteiger partial charge in [-0.2, -0.15) is 0 Å². The zero-order valence-electron chi connectivity index (χ0n) is 13.0. The maximum absolute atomic E-state index is 3.90. The van der Waals surface area contributed by atoms with Crippen molar-refractivity contribution < 1.29 is 0 Å². The van der Waals surface area contributed by atoms with E-state index in [-0.39, 0.29) is 5.54 Å². The Hall–Kier alpha value is -1.28. The summed E-state index contributed by atoms with van der Waals surface area (Å²) in [5.41, 5.74) is 2.75. The summed E-state index contributed by atoms with van der Waals surface area (Å²) in [6.45, 7) is 13.7. The van der Waals surface area contributed by atoms with Gasteiger partial charge in [-0.25, -0.2) is 0 Å². The minimum absolute atomic E-state index is 0.0797. The van der Waals surface area contributed by atoms with Gasteiger partial charge in [0.2, 0.25) is 0 Å². The monoisotopic (exact) mass is 260 g/mol. The average Bonchev–Trinajstić information content (AvgIpc) is 2.37. The van der Waals surface area contributed by atoms with Crippen LogP contribution in [0.3, 0.4) is 0 Å². The van der Waals surface area contributed by atoms with Crippen molar-refractivity contribution in [1.29, 1.82) is 0 Å². The molecule has 0 saturated carbocycles. The van der Waals surface area contributed by atoms with Crippen molar-refractivity contribution in [2.75, 3.05) is 18.5 Å². The van der Waals surface area contributed by atoms with Gasteiger partial charge in [-0.05, 0) is 45.9 Å². The summed E-state index contributed by atoms with van der Waals surface area (Å²) in [5.74, 6) is 0. The second-order valence-electron chi connectivity index (χ2n) is 5.88. The van der Waals surface area contributed by atoms with Gasteiger partial charge in [0.25, 0.3) is 0 Å². The van der Waals surface area contributed by atoms with Crippen LogP contribution in [0.25, 0.3) is 0 Å². The van der Waals surface area contributed by atoms with Gasteiger partial charge < -0.3 is 10.2 Å². The van der Waals surface area contributed by atoms with Crippen LogP contribution in [0.1, 0.15) is 45.7 Å². The molecule has 2 heteroatoms. The minimum atomic E-state index is 0.0797. The Morgan fingerprint density at radius 3 is 2.42 bits per heavy atom.